The summed E-state index contributed by atoms with van der Waals surface area (Å²) in [5.74, 6) is -2.07. The Morgan fingerprint density at radius 2 is 1.76 bits per heavy atom. The summed E-state index contributed by atoms with van der Waals surface area (Å²) >= 11 is 0. The first kappa shape index (κ1) is 17.2. The van der Waals surface area contributed by atoms with E-state index < -0.39 is 23.5 Å². The monoisotopic (exact) mass is 292 g/mol. The zero-order chi connectivity index (χ0) is 16.0. The zero-order valence-corrected chi connectivity index (χ0v) is 13.1. The van der Waals surface area contributed by atoms with E-state index in [1.165, 1.54) is 0 Å². The fraction of sp³-hybridized carbons (Fsp3) is 0.529. The molecule has 0 aliphatic carbocycles. The quantitative estimate of drug-likeness (QED) is 0.813. The lowest BCUT2D eigenvalue weighted by molar-refractivity contribution is -0.160. The molecule has 0 aromatic heterocycles. The molecule has 116 valence electrons. The highest BCUT2D eigenvalue weighted by atomic mass is 16.6. The Morgan fingerprint density at radius 3 is 2.24 bits per heavy atom. The van der Waals surface area contributed by atoms with Crippen molar-refractivity contribution in [3.63, 3.8) is 0 Å². The van der Waals surface area contributed by atoms with Gasteiger partial charge in [-0.15, -0.1) is 0 Å². The van der Waals surface area contributed by atoms with Crippen LogP contribution in [0.1, 0.15) is 52.0 Å². The summed E-state index contributed by atoms with van der Waals surface area (Å²) < 4.78 is 5.20. The van der Waals surface area contributed by atoms with E-state index in [2.05, 4.69) is 0 Å². The predicted molar refractivity (Wildman–Crippen MR) is 81.1 cm³/mol. The molecule has 0 aliphatic heterocycles. The molecule has 0 radical (unpaired) electrons. The Kier molecular flexibility index (Phi) is 5.94. The van der Waals surface area contributed by atoms with Gasteiger partial charge in [-0.1, -0.05) is 37.3 Å². The number of hydrogen-bond acceptors (Lipinski definition) is 3. The van der Waals surface area contributed by atoms with Gasteiger partial charge in [-0.3, -0.25) is 9.59 Å². The Balaban J connectivity index is 2.66. The molecule has 2 atom stereocenters. The maximum absolute atomic E-state index is 11.8. The van der Waals surface area contributed by atoms with Crippen molar-refractivity contribution in [2.24, 2.45) is 5.92 Å². The molecule has 0 aliphatic rings. The topological polar surface area (TPSA) is 63.6 Å². The minimum Gasteiger partial charge on any atom is -0.481 e. The van der Waals surface area contributed by atoms with Crippen molar-refractivity contribution in [1.29, 1.82) is 0 Å². The van der Waals surface area contributed by atoms with Crippen LogP contribution in [0.4, 0.5) is 0 Å². The molecule has 4 nitrogen and oxygen atoms in total. The third-order valence-electron chi connectivity index (χ3n) is 3.19. The molecule has 21 heavy (non-hydrogen) atoms. The highest BCUT2D eigenvalue weighted by Gasteiger charge is 2.27. The number of esters is 1. The molecule has 0 heterocycles. The number of ether oxygens (including phenoxy) is 1. The Hall–Kier alpha value is -1.84. The fourth-order valence-corrected chi connectivity index (χ4v) is 2.20. The second-order valence-electron chi connectivity index (χ2n) is 6.37. The lowest BCUT2D eigenvalue weighted by Gasteiger charge is -2.22. The van der Waals surface area contributed by atoms with Crippen molar-refractivity contribution in [1.82, 2.24) is 0 Å². The fourth-order valence-electron chi connectivity index (χ4n) is 2.20. The first-order chi connectivity index (χ1) is 9.69. The van der Waals surface area contributed by atoms with Crippen LogP contribution in [-0.4, -0.2) is 22.6 Å². The minimum atomic E-state index is -0.955. The van der Waals surface area contributed by atoms with E-state index in [0.717, 1.165) is 5.56 Å². The number of hydrogen-bond donors (Lipinski definition) is 1. The Bertz CT molecular complexity index is 473. The maximum atomic E-state index is 11.8. The van der Waals surface area contributed by atoms with E-state index in [0.29, 0.717) is 6.42 Å². The Morgan fingerprint density at radius 1 is 1.19 bits per heavy atom. The number of carboxylic acids is 1. The van der Waals surface area contributed by atoms with Gasteiger partial charge in [-0.05, 0) is 38.7 Å². The van der Waals surface area contributed by atoms with Crippen LogP contribution in [-0.2, 0) is 14.3 Å². The molecule has 0 amide bonds. The summed E-state index contributed by atoms with van der Waals surface area (Å²) in [6.07, 6.45) is 0.322. The second kappa shape index (κ2) is 7.25. The molecule has 1 aromatic carbocycles. The van der Waals surface area contributed by atoms with Crippen molar-refractivity contribution >= 4 is 11.9 Å². The number of aliphatic carboxylic acids is 1. The molecule has 1 unspecified atom stereocenters. The smallest absolute Gasteiger partial charge is 0.307 e. The molecule has 0 saturated heterocycles. The summed E-state index contributed by atoms with van der Waals surface area (Å²) in [6, 6.07) is 9.71. The number of carboxylic acid groups (broad SMARTS) is 1. The SMILES string of the molecule is CC(C[C@H](CC(=O)OC(C)(C)C)C(=O)O)c1ccccc1. The average Bonchev–Trinajstić information content (AvgIpc) is 2.36. The highest BCUT2D eigenvalue weighted by Crippen LogP contribution is 2.26. The van der Waals surface area contributed by atoms with Gasteiger partial charge in [0.1, 0.15) is 5.60 Å². The number of carbonyl (C=O) groups excluding carboxylic acids is 1. The largest absolute Gasteiger partial charge is 0.481 e. The molecular formula is C17H24O4. The van der Waals surface area contributed by atoms with Gasteiger partial charge in [-0.25, -0.2) is 0 Å². The van der Waals surface area contributed by atoms with Gasteiger partial charge in [-0.2, -0.15) is 0 Å². The van der Waals surface area contributed by atoms with Crippen molar-refractivity contribution in [3.8, 4) is 0 Å². The molecule has 0 bridgehead atoms. The van der Waals surface area contributed by atoms with E-state index in [4.69, 9.17) is 4.74 Å². The Labute approximate surface area is 126 Å². The van der Waals surface area contributed by atoms with E-state index in [1.54, 1.807) is 20.8 Å². The summed E-state index contributed by atoms with van der Waals surface area (Å²) in [4.78, 5) is 23.2. The zero-order valence-electron chi connectivity index (χ0n) is 13.1. The lowest BCUT2D eigenvalue weighted by atomic mass is 9.88. The number of rotatable bonds is 6. The van der Waals surface area contributed by atoms with Crippen LogP contribution in [0.5, 0.6) is 0 Å². The van der Waals surface area contributed by atoms with Gasteiger partial charge >= 0.3 is 11.9 Å². The predicted octanol–water partition coefficient (Wildman–Crippen LogP) is 3.61. The second-order valence-corrected chi connectivity index (χ2v) is 6.37. The molecule has 1 N–H and O–H groups in total. The molecular weight excluding hydrogens is 268 g/mol. The third-order valence-corrected chi connectivity index (χ3v) is 3.19. The summed E-state index contributed by atoms with van der Waals surface area (Å²) in [5, 5.41) is 9.31. The van der Waals surface area contributed by atoms with E-state index >= 15 is 0 Å². The molecule has 1 rings (SSSR count). The first-order valence-corrected chi connectivity index (χ1v) is 7.18. The van der Waals surface area contributed by atoms with Crippen LogP contribution < -0.4 is 0 Å². The minimum absolute atomic E-state index is 0.0785. The van der Waals surface area contributed by atoms with Crippen LogP contribution in [0.15, 0.2) is 30.3 Å². The summed E-state index contributed by atoms with van der Waals surface area (Å²) in [6.45, 7) is 7.29. The van der Waals surface area contributed by atoms with Gasteiger partial charge in [0.2, 0.25) is 0 Å². The molecule has 0 fully saturated rings. The van der Waals surface area contributed by atoms with E-state index in [9.17, 15) is 14.7 Å². The summed E-state index contributed by atoms with van der Waals surface area (Å²) in [7, 11) is 0. The van der Waals surface area contributed by atoms with Gasteiger partial charge in [0.15, 0.2) is 0 Å². The van der Waals surface area contributed by atoms with Gasteiger partial charge in [0.05, 0.1) is 12.3 Å². The van der Waals surface area contributed by atoms with Crippen molar-refractivity contribution in [2.75, 3.05) is 0 Å². The standard InChI is InChI=1S/C17H24O4/c1-12(13-8-6-5-7-9-13)10-14(16(19)20)11-15(18)21-17(2,3)4/h5-9,12,14H,10-11H2,1-4H3,(H,19,20)/t12?,14-/m1/s1. The van der Waals surface area contributed by atoms with E-state index in [-0.39, 0.29) is 12.3 Å². The number of benzene rings is 1. The lowest BCUT2D eigenvalue weighted by Crippen LogP contribution is -2.27. The van der Waals surface area contributed by atoms with Crippen LogP contribution >= 0.6 is 0 Å². The van der Waals surface area contributed by atoms with Gasteiger partial charge in [0.25, 0.3) is 0 Å². The van der Waals surface area contributed by atoms with E-state index in [1.807, 2.05) is 37.3 Å². The highest BCUT2D eigenvalue weighted by molar-refractivity contribution is 5.79. The first-order valence-electron chi connectivity index (χ1n) is 7.18. The van der Waals surface area contributed by atoms with Gasteiger partial charge < -0.3 is 9.84 Å². The molecule has 4 heteroatoms. The van der Waals surface area contributed by atoms with Crippen LogP contribution in [0.25, 0.3) is 0 Å². The van der Waals surface area contributed by atoms with Crippen molar-refractivity contribution in [3.05, 3.63) is 35.9 Å². The third kappa shape index (κ3) is 6.43. The molecule has 1 aromatic rings. The normalized spacial score (nSPS) is 14.3. The van der Waals surface area contributed by atoms with Crippen LogP contribution in [0.2, 0.25) is 0 Å². The number of carbonyl (C=O) groups is 2. The average molecular weight is 292 g/mol. The van der Waals surface area contributed by atoms with Crippen LogP contribution in [0.3, 0.4) is 0 Å². The van der Waals surface area contributed by atoms with Crippen molar-refractivity contribution < 1.29 is 19.4 Å². The molecule has 0 saturated carbocycles. The summed E-state index contributed by atoms with van der Waals surface area (Å²) in [5.41, 5.74) is 0.485. The van der Waals surface area contributed by atoms with Crippen LogP contribution in [0, 0.1) is 5.92 Å². The van der Waals surface area contributed by atoms with Gasteiger partial charge in [0, 0.05) is 0 Å². The maximum Gasteiger partial charge on any atom is 0.307 e. The van der Waals surface area contributed by atoms with Crippen molar-refractivity contribution in [2.45, 2.75) is 52.1 Å². The molecule has 0 spiro atoms.